The Kier molecular flexibility index (Phi) is 3.83. The number of carbonyl (C=O) groups excluding carboxylic acids is 1. The van der Waals surface area contributed by atoms with Gasteiger partial charge in [0.15, 0.2) is 0 Å². The van der Waals surface area contributed by atoms with Crippen LogP contribution in [0.25, 0.3) is 0 Å². The van der Waals surface area contributed by atoms with Gasteiger partial charge >= 0.3 is 0 Å². The molecule has 1 rings (SSSR count). The molecule has 0 unspecified atom stereocenters. The van der Waals surface area contributed by atoms with Gasteiger partial charge in [-0.3, -0.25) is 4.79 Å². The predicted molar refractivity (Wildman–Crippen MR) is 47.7 cm³/mol. The zero-order valence-electron chi connectivity index (χ0n) is 5.95. The van der Waals surface area contributed by atoms with E-state index in [9.17, 15) is 4.79 Å². The van der Waals surface area contributed by atoms with Crippen molar-refractivity contribution in [3.8, 4) is 5.75 Å². The maximum absolute atomic E-state index is 10.4. The van der Waals surface area contributed by atoms with Crippen LogP contribution in [0.2, 0.25) is 0 Å². The molecule has 1 amide bonds. The Morgan fingerprint density at radius 1 is 1.42 bits per heavy atom. The Balaban J connectivity index is 0.00000121. The number of para-hydroxylation sites is 1. The monoisotopic (exact) mass is 167 g/mol. The first kappa shape index (κ1) is 10.5. The molecular formula is C9H13NO2. The van der Waals surface area contributed by atoms with Gasteiger partial charge in [0.2, 0.25) is 5.91 Å². The highest BCUT2D eigenvalue weighted by molar-refractivity contribution is 5.77. The third kappa shape index (κ3) is 2.62. The van der Waals surface area contributed by atoms with Gasteiger partial charge in [-0.1, -0.05) is 25.6 Å². The number of aromatic hydroxyl groups is 1. The van der Waals surface area contributed by atoms with Crippen LogP contribution in [0, 0.1) is 0 Å². The lowest BCUT2D eigenvalue weighted by Crippen LogP contribution is -2.13. The number of phenols is 1. The molecule has 0 bridgehead atoms. The van der Waals surface area contributed by atoms with Crippen LogP contribution in [0.4, 0.5) is 0 Å². The molecule has 1 aromatic rings. The number of phenolic OH excluding ortho intramolecular Hbond substituents is 1. The maximum Gasteiger partial charge on any atom is 0.221 e. The van der Waals surface area contributed by atoms with Crippen LogP contribution in [0.15, 0.2) is 24.3 Å². The average molecular weight is 167 g/mol. The number of hydrogen-bond donors (Lipinski definition) is 2. The summed E-state index contributed by atoms with van der Waals surface area (Å²) in [4.78, 5) is 10.4. The van der Waals surface area contributed by atoms with Crippen LogP contribution in [0.3, 0.4) is 0 Å². The van der Waals surface area contributed by atoms with Crippen LogP contribution in [-0.2, 0) is 11.2 Å². The van der Waals surface area contributed by atoms with Gasteiger partial charge in [-0.2, -0.15) is 0 Å². The van der Waals surface area contributed by atoms with E-state index in [0.717, 1.165) is 0 Å². The molecule has 3 heteroatoms. The van der Waals surface area contributed by atoms with Gasteiger partial charge in [-0.25, -0.2) is 0 Å². The molecule has 0 aliphatic heterocycles. The van der Waals surface area contributed by atoms with E-state index in [-0.39, 0.29) is 19.6 Å². The maximum atomic E-state index is 10.4. The molecule has 0 radical (unpaired) electrons. The first-order chi connectivity index (χ1) is 5.20. The van der Waals surface area contributed by atoms with Crippen LogP contribution in [0.5, 0.6) is 5.75 Å². The van der Waals surface area contributed by atoms with E-state index in [0.29, 0.717) is 5.56 Å². The third-order valence-corrected chi connectivity index (χ3v) is 1.36. The highest BCUT2D eigenvalue weighted by Gasteiger charge is 2.01. The van der Waals surface area contributed by atoms with E-state index in [1.165, 1.54) is 6.07 Å². The second kappa shape index (κ2) is 4.38. The number of benzene rings is 1. The second-order valence-corrected chi connectivity index (χ2v) is 2.27. The van der Waals surface area contributed by atoms with Crippen LogP contribution in [0.1, 0.15) is 13.0 Å². The molecule has 0 aliphatic rings. The van der Waals surface area contributed by atoms with Gasteiger partial charge in [-0.05, 0) is 6.07 Å². The highest BCUT2D eigenvalue weighted by Crippen LogP contribution is 2.15. The Morgan fingerprint density at radius 3 is 2.50 bits per heavy atom. The number of primary amides is 1. The Bertz CT molecular complexity index is 271. The van der Waals surface area contributed by atoms with Crippen molar-refractivity contribution in [2.75, 3.05) is 0 Å². The van der Waals surface area contributed by atoms with E-state index in [4.69, 9.17) is 10.8 Å². The normalized spacial score (nSPS) is 8.67. The smallest absolute Gasteiger partial charge is 0.221 e. The number of rotatable bonds is 2. The van der Waals surface area contributed by atoms with Gasteiger partial charge in [0.05, 0.1) is 6.42 Å². The lowest BCUT2D eigenvalue weighted by atomic mass is 10.1. The first-order valence-electron chi connectivity index (χ1n) is 3.25. The summed E-state index contributed by atoms with van der Waals surface area (Å²) in [6.07, 6.45) is 0.0900. The summed E-state index contributed by atoms with van der Waals surface area (Å²) in [5.41, 5.74) is 5.51. The summed E-state index contributed by atoms with van der Waals surface area (Å²) in [6, 6.07) is 6.64. The standard InChI is InChI=1S/C8H9NO2.CH4/c9-8(11)5-6-3-1-2-4-7(6)10;/h1-4,10H,5H2,(H2,9,11);1H4. The summed E-state index contributed by atoms with van der Waals surface area (Å²) in [7, 11) is 0. The molecule has 0 saturated heterocycles. The van der Waals surface area contributed by atoms with Gasteiger partial charge in [0.25, 0.3) is 0 Å². The molecule has 12 heavy (non-hydrogen) atoms. The minimum Gasteiger partial charge on any atom is -0.508 e. The van der Waals surface area contributed by atoms with Gasteiger partial charge < -0.3 is 10.8 Å². The minimum absolute atomic E-state index is 0. The van der Waals surface area contributed by atoms with Gasteiger partial charge in [0, 0.05) is 5.56 Å². The van der Waals surface area contributed by atoms with E-state index < -0.39 is 5.91 Å². The first-order valence-corrected chi connectivity index (χ1v) is 3.25. The fourth-order valence-electron chi connectivity index (χ4n) is 0.848. The fraction of sp³-hybridized carbons (Fsp3) is 0.222. The molecule has 0 spiro atoms. The number of amides is 1. The van der Waals surface area contributed by atoms with Crippen molar-refractivity contribution in [1.82, 2.24) is 0 Å². The molecule has 1 aromatic carbocycles. The van der Waals surface area contributed by atoms with Crippen molar-refractivity contribution in [2.45, 2.75) is 13.8 Å². The summed E-state index contributed by atoms with van der Waals surface area (Å²) in [5.74, 6) is -0.321. The fourth-order valence-corrected chi connectivity index (χ4v) is 0.848. The molecule has 0 saturated carbocycles. The summed E-state index contributed by atoms with van der Waals surface area (Å²) >= 11 is 0. The predicted octanol–water partition coefficient (Wildman–Crippen LogP) is 1.06. The molecule has 0 aromatic heterocycles. The van der Waals surface area contributed by atoms with E-state index in [2.05, 4.69) is 0 Å². The molecule has 66 valence electrons. The van der Waals surface area contributed by atoms with Gasteiger partial charge in [-0.15, -0.1) is 0 Å². The third-order valence-electron chi connectivity index (χ3n) is 1.36. The van der Waals surface area contributed by atoms with Crippen molar-refractivity contribution in [3.63, 3.8) is 0 Å². The summed E-state index contributed by atoms with van der Waals surface area (Å²) in [5, 5.41) is 9.15. The number of carbonyl (C=O) groups is 1. The molecule has 0 aliphatic carbocycles. The van der Waals surface area contributed by atoms with Crippen molar-refractivity contribution in [3.05, 3.63) is 29.8 Å². The van der Waals surface area contributed by atoms with Crippen molar-refractivity contribution in [1.29, 1.82) is 0 Å². The summed E-state index contributed by atoms with van der Waals surface area (Å²) in [6.45, 7) is 0. The van der Waals surface area contributed by atoms with Crippen LogP contribution < -0.4 is 5.73 Å². The van der Waals surface area contributed by atoms with Crippen molar-refractivity contribution < 1.29 is 9.90 Å². The zero-order valence-corrected chi connectivity index (χ0v) is 5.95. The highest BCUT2D eigenvalue weighted by atomic mass is 16.3. The van der Waals surface area contributed by atoms with Gasteiger partial charge in [0.1, 0.15) is 5.75 Å². The lowest BCUT2D eigenvalue weighted by molar-refractivity contribution is -0.117. The van der Waals surface area contributed by atoms with Crippen molar-refractivity contribution in [2.24, 2.45) is 5.73 Å². The quantitative estimate of drug-likeness (QED) is 0.691. The molecule has 3 N–H and O–H groups in total. The molecule has 0 atom stereocenters. The summed E-state index contributed by atoms with van der Waals surface area (Å²) < 4.78 is 0. The number of hydrogen-bond acceptors (Lipinski definition) is 2. The molecular weight excluding hydrogens is 154 g/mol. The Morgan fingerprint density at radius 2 is 2.00 bits per heavy atom. The van der Waals surface area contributed by atoms with Crippen LogP contribution >= 0.6 is 0 Å². The van der Waals surface area contributed by atoms with Crippen molar-refractivity contribution >= 4 is 5.91 Å². The number of nitrogens with two attached hydrogens (primary N) is 1. The lowest BCUT2D eigenvalue weighted by Gasteiger charge is -1.99. The Labute approximate surface area is 71.8 Å². The minimum atomic E-state index is -0.438. The zero-order chi connectivity index (χ0) is 8.27. The molecule has 0 fully saturated rings. The van der Waals surface area contributed by atoms with E-state index in [1.807, 2.05) is 0 Å². The largest absolute Gasteiger partial charge is 0.508 e. The average Bonchev–Trinajstić information content (AvgIpc) is 1.93. The molecule has 0 heterocycles. The Hall–Kier alpha value is -1.51. The second-order valence-electron chi connectivity index (χ2n) is 2.27. The van der Waals surface area contributed by atoms with Crippen LogP contribution in [-0.4, -0.2) is 11.0 Å². The van der Waals surface area contributed by atoms with E-state index in [1.54, 1.807) is 18.2 Å². The molecule has 3 nitrogen and oxygen atoms in total. The topological polar surface area (TPSA) is 63.3 Å². The SMILES string of the molecule is C.NC(=O)Cc1ccccc1O. The van der Waals surface area contributed by atoms with E-state index >= 15 is 0 Å².